The molecule has 0 N–H and O–H groups in total. The normalized spacial score (nSPS) is 20.8. The van der Waals surface area contributed by atoms with Crippen molar-refractivity contribution in [3.05, 3.63) is 96.6 Å². The molecule has 0 radical (unpaired) electrons. The van der Waals surface area contributed by atoms with Crippen molar-refractivity contribution in [3.8, 4) is 0 Å². The van der Waals surface area contributed by atoms with Crippen LogP contribution in [0.15, 0.2) is 95.9 Å². The Bertz CT molecular complexity index is 994. The van der Waals surface area contributed by atoms with Crippen LogP contribution in [-0.4, -0.2) is 23.2 Å². The third kappa shape index (κ3) is 3.32. The minimum atomic E-state index is -1.37. The molecule has 2 atom stereocenters. The highest BCUT2D eigenvalue weighted by Gasteiger charge is 2.68. The van der Waals surface area contributed by atoms with E-state index >= 15 is 0 Å². The highest BCUT2D eigenvalue weighted by Crippen LogP contribution is 2.56. The van der Waals surface area contributed by atoms with E-state index in [9.17, 15) is 9.59 Å². The largest absolute Gasteiger partial charge is 0.464 e. The summed E-state index contributed by atoms with van der Waals surface area (Å²) >= 11 is 1.27. The van der Waals surface area contributed by atoms with Crippen molar-refractivity contribution in [1.82, 2.24) is 0 Å². The van der Waals surface area contributed by atoms with Crippen LogP contribution in [0.25, 0.3) is 0 Å². The number of carbonyl (C=O) groups excluding carboxylic acids is 2. The molecule has 1 fully saturated rings. The Labute approximate surface area is 174 Å². The van der Waals surface area contributed by atoms with Gasteiger partial charge in [-0.25, -0.2) is 4.79 Å². The molecule has 0 bridgehead atoms. The van der Waals surface area contributed by atoms with Crippen LogP contribution in [0.4, 0.5) is 5.69 Å². The molecule has 146 valence electrons. The number of carbonyl (C=O) groups is 2. The first-order valence-corrected chi connectivity index (χ1v) is 10.3. The average Bonchev–Trinajstić information content (AvgIpc) is 2.77. The summed E-state index contributed by atoms with van der Waals surface area (Å²) in [5.74, 6) is -0.759. The molecule has 4 rings (SSSR count). The Morgan fingerprint density at radius 1 is 0.931 bits per heavy atom. The maximum absolute atomic E-state index is 13.6. The number of para-hydroxylation sites is 1. The number of thioether (sulfide) groups is 1. The SMILES string of the molecule is CCOC(=O)[C@]1(Sc2ccccc2)C(=O)N(c2ccccc2)[C@@H]1c1ccccc1. The Kier molecular flexibility index (Phi) is 5.41. The van der Waals surface area contributed by atoms with Gasteiger partial charge in [0.2, 0.25) is 4.75 Å². The lowest BCUT2D eigenvalue weighted by molar-refractivity contribution is -0.154. The first-order chi connectivity index (χ1) is 14.2. The monoisotopic (exact) mass is 403 g/mol. The molecule has 1 heterocycles. The molecule has 1 aliphatic heterocycles. The van der Waals surface area contributed by atoms with Crippen LogP contribution in [-0.2, 0) is 14.3 Å². The molecule has 0 saturated carbocycles. The van der Waals surface area contributed by atoms with E-state index in [0.717, 1.165) is 16.1 Å². The van der Waals surface area contributed by atoms with Crippen LogP contribution < -0.4 is 4.90 Å². The van der Waals surface area contributed by atoms with E-state index in [2.05, 4.69) is 0 Å². The average molecular weight is 404 g/mol. The summed E-state index contributed by atoms with van der Waals surface area (Å²) in [4.78, 5) is 29.4. The number of benzene rings is 3. The molecular formula is C24H21NO3S. The van der Waals surface area contributed by atoms with Gasteiger partial charge in [0.05, 0.1) is 12.6 Å². The van der Waals surface area contributed by atoms with Gasteiger partial charge in [-0.2, -0.15) is 0 Å². The van der Waals surface area contributed by atoms with Crippen molar-refractivity contribution < 1.29 is 14.3 Å². The van der Waals surface area contributed by atoms with Gasteiger partial charge in [0.1, 0.15) is 0 Å². The maximum Gasteiger partial charge on any atom is 0.334 e. The highest BCUT2D eigenvalue weighted by molar-refractivity contribution is 8.02. The topological polar surface area (TPSA) is 46.6 Å². The molecule has 0 aliphatic carbocycles. The van der Waals surface area contributed by atoms with Crippen LogP contribution in [0.1, 0.15) is 18.5 Å². The van der Waals surface area contributed by atoms with E-state index in [1.165, 1.54) is 11.8 Å². The molecule has 0 spiro atoms. The zero-order valence-corrected chi connectivity index (χ0v) is 16.8. The third-order valence-corrected chi connectivity index (χ3v) is 6.32. The summed E-state index contributed by atoms with van der Waals surface area (Å²) in [7, 11) is 0. The number of esters is 1. The number of hydrogen-bond donors (Lipinski definition) is 0. The van der Waals surface area contributed by atoms with E-state index in [1.54, 1.807) is 11.8 Å². The second-order valence-corrected chi connectivity index (χ2v) is 8.01. The van der Waals surface area contributed by atoms with Crippen LogP contribution in [0.2, 0.25) is 0 Å². The first-order valence-electron chi connectivity index (χ1n) is 9.53. The molecule has 0 unspecified atom stereocenters. The predicted molar refractivity (Wildman–Crippen MR) is 115 cm³/mol. The number of nitrogens with zero attached hydrogens (tertiary/aromatic N) is 1. The molecule has 1 aliphatic rings. The van der Waals surface area contributed by atoms with Gasteiger partial charge < -0.3 is 9.64 Å². The molecule has 0 aromatic heterocycles. The summed E-state index contributed by atoms with van der Waals surface area (Å²) in [6.45, 7) is 1.98. The van der Waals surface area contributed by atoms with Crippen LogP contribution in [0.3, 0.4) is 0 Å². The second-order valence-electron chi connectivity index (χ2n) is 6.70. The maximum atomic E-state index is 13.6. The number of β-lactam (4-membered cyclic amide) rings is 1. The fraction of sp³-hybridized carbons (Fsp3) is 0.167. The van der Waals surface area contributed by atoms with Gasteiger partial charge in [-0.15, -0.1) is 0 Å². The van der Waals surface area contributed by atoms with Crippen molar-refractivity contribution in [2.45, 2.75) is 22.6 Å². The standard InChI is InChI=1S/C24H21NO3S/c1-2-28-23(27)24(29-20-16-10-5-11-17-20)21(18-12-6-3-7-13-18)25(22(24)26)19-14-8-4-9-15-19/h3-17,21H,2H2,1H3/t21-,24-/m1/s1. The quantitative estimate of drug-likeness (QED) is 0.335. The number of rotatable bonds is 6. The van der Waals surface area contributed by atoms with Crippen LogP contribution in [0.5, 0.6) is 0 Å². The van der Waals surface area contributed by atoms with Gasteiger partial charge in [0.25, 0.3) is 5.91 Å². The Morgan fingerprint density at radius 2 is 1.48 bits per heavy atom. The van der Waals surface area contributed by atoms with E-state index in [4.69, 9.17) is 4.74 Å². The smallest absolute Gasteiger partial charge is 0.334 e. The lowest BCUT2D eigenvalue weighted by Crippen LogP contribution is -2.71. The second kappa shape index (κ2) is 8.13. The predicted octanol–water partition coefficient (Wildman–Crippen LogP) is 4.87. The molecule has 1 amide bonds. The summed E-state index contributed by atoms with van der Waals surface area (Å²) in [5.41, 5.74) is 1.66. The Morgan fingerprint density at radius 3 is 2.07 bits per heavy atom. The first kappa shape index (κ1) is 19.3. The van der Waals surface area contributed by atoms with Crippen molar-refractivity contribution in [1.29, 1.82) is 0 Å². The zero-order valence-electron chi connectivity index (χ0n) is 16.0. The third-order valence-electron chi connectivity index (χ3n) is 4.93. The summed E-state index contributed by atoms with van der Waals surface area (Å²) in [6, 6.07) is 28.2. The molecular weight excluding hydrogens is 382 g/mol. The summed E-state index contributed by atoms with van der Waals surface area (Å²) < 4.78 is 4.05. The van der Waals surface area contributed by atoms with E-state index in [0.29, 0.717) is 0 Å². The summed E-state index contributed by atoms with van der Waals surface area (Å²) in [5, 5.41) is 0. The lowest BCUT2D eigenvalue weighted by atomic mass is 9.80. The van der Waals surface area contributed by atoms with Gasteiger partial charge in [0.15, 0.2) is 0 Å². The van der Waals surface area contributed by atoms with Crippen molar-refractivity contribution in [2.75, 3.05) is 11.5 Å². The number of amides is 1. The van der Waals surface area contributed by atoms with Gasteiger partial charge in [-0.05, 0) is 36.8 Å². The minimum Gasteiger partial charge on any atom is -0.464 e. The van der Waals surface area contributed by atoms with Crippen molar-refractivity contribution in [2.24, 2.45) is 0 Å². The minimum absolute atomic E-state index is 0.218. The molecule has 1 saturated heterocycles. The lowest BCUT2D eigenvalue weighted by Gasteiger charge is -2.53. The van der Waals surface area contributed by atoms with E-state index in [-0.39, 0.29) is 12.5 Å². The molecule has 29 heavy (non-hydrogen) atoms. The fourth-order valence-corrected chi connectivity index (χ4v) is 5.00. The van der Waals surface area contributed by atoms with Gasteiger partial charge in [-0.3, -0.25) is 4.79 Å². The van der Waals surface area contributed by atoms with Crippen LogP contribution in [0, 0.1) is 0 Å². The number of anilines is 1. The molecule has 4 nitrogen and oxygen atoms in total. The number of hydrogen-bond acceptors (Lipinski definition) is 4. The van der Waals surface area contributed by atoms with Gasteiger partial charge >= 0.3 is 5.97 Å². The molecule has 5 heteroatoms. The van der Waals surface area contributed by atoms with Gasteiger partial charge in [0, 0.05) is 10.6 Å². The Hall–Kier alpha value is -3.05. The zero-order chi connectivity index (χ0) is 20.3. The van der Waals surface area contributed by atoms with Crippen molar-refractivity contribution >= 4 is 29.3 Å². The Balaban J connectivity index is 1.85. The van der Waals surface area contributed by atoms with E-state index in [1.807, 2.05) is 91.0 Å². The molecule has 3 aromatic rings. The molecule has 3 aromatic carbocycles. The van der Waals surface area contributed by atoms with Crippen molar-refractivity contribution in [3.63, 3.8) is 0 Å². The van der Waals surface area contributed by atoms with Gasteiger partial charge in [-0.1, -0.05) is 78.5 Å². The highest BCUT2D eigenvalue weighted by atomic mass is 32.2. The van der Waals surface area contributed by atoms with Crippen LogP contribution >= 0.6 is 11.8 Å². The number of ether oxygens (including phenoxy) is 1. The fourth-order valence-electron chi connectivity index (χ4n) is 3.66. The van der Waals surface area contributed by atoms with E-state index < -0.39 is 16.8 Å². The summed E-state index contributed by atoms with van der Waals surface area (Å²) in [6.07, 6.45) is 0.